The van der Waals surface area contributed by atoms with Gasteiger partial charge in [0.2, 0.25) is 0 Å². The van der Waals surface area contributed by atoms with Crippen LogP contribution in [0.4, 0.5) is 0 Å². The van der Waals surface area contributed by atoms with Crippen LogP contribution in [-0.2, 0) is 19.3 Å². The zero-order chi connectivity index (χ0) is 28.3. The van der Waals surface area contributed by atoms with E-state index >= 15 is 0 Å². The van der Waals surface area contributed by atoms with Crippen molar-refractivity contribution >= 4 is 21.8 Å². The summed E-state index contributed by atoms with van der Waals surface area (Å²) in [7, 11) is -3.42. The number of hydrogen-bond acceptors (Lipinski definition) is 8. The summed E-state index contributed by atoms with van der Waals surface area (Å²) in [6, 6.07) is 15.6. The molecular formula is C29H29N3O6S. The Morgan fingerprint density at radius 3 is 1.87 bits per heavy atom. The van der Waals surface area contributed by atoms with Gasteiger partial charge in [-0.15, -0.1) is 0 Å². The van der Waals surface area contributed by atoms with Gasteiger partial charge in [-0.25, -0.2) is 22.7 Å². The highest BCUT2D eigenvalue weighted by atomic mass is 32.2. The van der Waals surface area contributed by atoms with E-state index in [9.17, 15) is 18.0 Å². The Bertz CT molecular complexity index is 1600. The second-order valence-electron chi connectivity index (χ2n) is 8.82. The van der Waals surface area contributed by atoms with Crippen molar-refractivity contribution in [2.24, 2.45) is 0 Å². The van der Waals surface area contributed by atoms with Gasteiger partial charge in [-0.2, -0.15) is 5.10 Å². The second-order valence-corrected chi connectivity index (χ2v) is 10.8. The lowest BCUT2D eigenvalue weighted by Crippen LogP contribution is -2.17. The van der Waals surface area contributed by atoms with Gasteiger partial charge in [0, 0.05) is 29.1 Å². The Kier molecular flexibility index (Phi) is 7.96. The predicted molar refractivity (Wildman–Crippen MR) is 147 cm³/mol. The Labute approximate surface area is 227 Å². The first-order valence-corrected chi connectivity index (χ1v) is 14.3. The first-order valence-electron chi connectivity index (χ1n) is 12.4. The van der Waals surface area contributed by atoms with Crippen LogP contribution in [0.2, 0.25) is 0 Å². The number of hydrogen-bond donors (Lipinski definition) is 0. The molecule has 0 amide bonds. The number of rotatable bonds is 8. The molecule has 0 N–H and O–H groups in total. The summed E-state index contributed by atoms with van der Waals surface area (Å²) >= 11 is 0. The number of nitrogens with zero attached hydrogens (tertiary/aromatic N) is 3. The van der Waals surface area contributed by atoms with Crippen molar-refractivity contribution in [2.75, 3.05) is 19.5 Å². The van der Waals surface area contributed by atoms with E-state index in [0.29, 0.717) is 33.8 Å². The fourth-order valence-corrected chi connectivity index (χ4v) is 5.00. The summed E-state index contributed by atoms with van der Waals surface area (Å²) in [5, 5.41) is 4.81. The van der Waals surface area contributed by atoms with Crippen LogP contribution in [0.25, 0.3) is 28.1 Å². The summed E-state index contributed by atoms with van der Waals surface area (Å²) < 4.78 is 36.5. The molecule has 4 aromatic rings. The van der Waals surface area contributed by atoms with Crippen LogP contribution >= 0.6 is 0 Å². The van der Waals surface area contributed by atoms with E-state index in [2.05, 4.69) is 4.98 Å². The molecule has 9 nitrogen and oxygen atoms in total. The van der Waals surface area contributed by atoms with Crippen molar-refractivity contribution in [3.05, 3.63) is 83.3 Å². The summed E-state index contributed by atoms with van der Waals surface area (Å²) in [6.07, 6.45) is 2.87. The summed E-state index contributed by atoms with van der Waals surface area (Å²) in [4.78, 5) is 31.2. The van der Waals surface area contributed by atoms with E-state index < -0.39 is 21.8 Å². The Hall–Kier alpha value is -4.31. The van der Waals surface area contributed by atoms with Crippen molar-refractivity contribution in [3.63, 3.8) is 0 Å². The molecule has 39 heavy (non-hydrogen) atoms. The van der Waals surface area contributed by atoms with E-state index in [1.807, 2.05) is 30.3 Å². The van der Waals surface area contributed by atoms with E-state index in [1.54, 1.807) is 50.7 Å². The minimum atomic E-state index is -3.42. The molecule has 0 aliphatic carbocycles. The number of pyridine rings is 1. The van der Waals surface area contributed by atoms with Gasteiger partial charge in [-0.3, -0.25) is 4.98 Å². The molecule has 202 valence electrons. The maximum Gasteiger partial charge on any atom is 0.340 e. The smallest absolute Gasteiger partial charge is 0.340 e. The average Bonchev–Trinajstić information content (AvgIpc) is 3.34. The quantitative estimate of drug-likeness (QED) is 0.284. The van der Waals surface area contributed by atoms with Crippen molar-refractivity contribution in [3.8, 4) is 28.1 Å². The topological polar surface area (TPSA) is 117 Å². The number of benzene rings is 2. The predicted octanol–water partition coefficient (Wildman–Crippen LogP) is 4.98. The molecule has 0 unspecified atom stereocenters. The molecule has 2 heterocycles. The van der Waals surface area contributed by atoms with Crippen molar-refractivity contribution < 1.29 is 27.5 Å². The van der Waals surface area contributed by atoms with Crippen LogP contribution in [0.3, 0.4) is 0 Å². The molecule has 0 fully saturated rings. The molecule has 0 spiro atoms. The molecule has 0 atom stereocenters. The Balaban J connectivity index is 2.10. The number of aromatic nitrogens is 3. The maximum atomic E-state index is 13.3. The third-order valence-electron chi connectivity index (χ3n) is 6.08. The highest BCUT2D eigenvalue weighted by molar-refractivity contribution is 7.90. The number of aryl methyl sites for hydroxylation is 2. The highest BCUT2D eigenvalue weighted by Crippen LogP contribution is 2.39. The van der Waals surface area contributed by atoms with Crippen LogP contribution in [-0.4, -0.2) is 54.6 Å². The molecule has 0 saturated heterocycles. The number of esters is 2. The van der Waals surface area contributed by atoms with Gasteiger partial charge in [-0.1, -0.05) is 30.3 Å². The number of carbonyl (C=O) groups excluding carboxylic acids is 2. The van der Waals surface area contributed by atoms with Gasteiger partial charge in [0.25, 0.3) is 0 Å². The van der Waals surface area contributed by atoms with Crippen LogP contribution in [0.15, 0.2) is 65.7 Å². The molecule has 0 aliphatic rings. The highest BCUT2D eigenvalue weighted by Gasteiger charge is 2.31. The molecule has 2 aromatic carbocycles. The zero-order valence-corrected chi connectivity index (χ0v) is 23.2. The SMILES string of the molecule is CCOC(=O)c1c(C)nc(C)c(C(=O)OCC)c1-c1cn(-c2ccccc2)nc1-c1ccc(S(C)(=O)=O)cc1. The summed E-state index contributed by atoms with van der Waals surface area (Å²) in [5.41, 5.74) is 3.56. The summed E-state index contributed by atoms with van der Waals surface area (Å²) in [6.45, 7) is 7.01. The van der Waals surface area contributed by atoms with Gasteiger partial charge < -0.3 is 9.47 Å². The third-order valence-corrected chi connectivity index (χ3v) is 7.21. The lowest BCUT2D eigenvalue weighted by atomic mass is 9.91. The van der Waals surface area contributed by atoms with Gasteiger partial charge in [-0.05, 0) is 52.0 Å². The Morgan fingerprint density at radius 2 is 1.38 bits per heavy atom. The van der Waals surface area contributed by atoms with Crippen LogP contribution in [0.5, 0.6) is 0 Å². The monoisotopic (exact) mass is 547 g/mol. The minimum Gasteiger partial charge on any atom is -0.462 e. The number of sulfone groups is 1. The zero-order valence-electron chi connectivity index (χ0n) is 22.4. The number of carbonyl (C=O) groups is 2. The van der Waals surface area contributed by atoms with Crippen molar-refractivity contribution in [1.29, 1.82) is 0 Å². The Morgan fingerprint density at radius 1 is 0.846 bits per heavy atom. The molecule has 0 aliphatic heterocycles. The molecule has 2 aromatic heterocycles. The minimum absolute atomic E-state index is 0.128. The van der Waals surface area contributed by atoms with Gasteiger partial charge in [0.15, 0.2) is 9.84 Å². The number of para-hydroxylation sites is 1. The molecule has 0 saturated carbocycles. The fraction of sp³-hybridized carbons (Fsp3) is 0.241. The van der Waals surface area contributed by atoms with Crippen LogP contribution in [0, 0.1) is 13.8 Å². The van der Waals surface area contributed by atoms with Crippen LogP contribution < -0.4 is 0 Å². The molecule has 10 heteroatoms. The van der Waals surface area contributed by atoms with E-state index in [0.717, 1.165) is 11.9 Å². The van der Waals surface area contributed by atoms with Gasteiger partial charge in [0.05, 0.1) is 46.3 Å². The van der Waals surface area contributed by atoms with Gasteiger partial charge in [0.1, 0.15) is 5.69 Å². The third kappa shape index (κ3) is 5.61. The lowest BCUT2D eigenvalue weighted by Gasteiger charge is -2.17. The second kappa shape index (κ2) is 11.2. The molecule has 0 bridgehead atoms. The molecule has 4 rings (SSSR count). The summed E-state index contributed by atoms with van der Waals surface area (Å²) in [5.74, 6) is -1.26. The van der Waals surface area contributed by atoms with Crippen LogP contribution in [0.1, 0.15) is 46.0 Å². The standard InChI is InChI=1S/C29H29N3O6S/c1-6-37-28(33)24-18(3)30-19(4)25(29(34)38-7-2)26(24)23-17-32(21-11-9-8-10-12-21)31-27(23)20-13-15-22(16-14-20)39(5,35)36/h8-17H,6-7H2,1-5H3. The van der Waals surface area contributed by atoms with E-state index in [1.165, 1.54) is 12.1 Å². The average molecular weight is 548 g/mol. The first kappa shape index (κ1) is 27.7. The maximum absolute atomic E-state index is 13.3. The number of ether oxygens (including phenoxy) is 2. The lowest BCUT2D eigenvalue weighted by molar-refractivity contribution is 0.0525. The fourth-order valence-electron chi connectivity index (χ4n) is 4.37. The first-order chi connectivity index (χ1) is 18.6. The largest absolute Gasteiger partial charge is 0.462 e. The van der Waals surface area contributed by atoms with Crippen molar-refractivity contribution in [1.82, 2.24) is 14.8 Å². The molecular weight excluding hydrogens is 518 g/mol. The van der Waals surface area contributed by atoms with Gasteiger partial charge >= 0.3 is 11.9 Å². The van der Waals surface area contributed by atoms with Crippen molar-refractivity contribution in [2.45, 2.75) is 32.6 Å². The van der Waals surface area contributed by atoms with E-state index in [4.69, 9.17) is 14.6 Å². The molecule has 0 radical (unpaired) electrons. The van der Waals surface area contributed by atoms with E-state index in [-0.39, 0.29) is 29.2 Å². The normalized spacial score (nSPS) is 11.3.